The maximum atomic E-state index is 14.3. The van der Waals surface area contributed by atoms with E-state index in [4.69, 9.17) is 9.47 Å². The van der Waals surface area contributed by atoms with Gasteiger partial charge in [0.1, 0.15) is 12.1 Å². The molecule has 6 rings (SSSR count). The zero-order chi connectivity index (χ0) is 29.4. The number of methoxy groups -OCH3 is 1. The number of halogens is 1. The minimum absolute atomic E-state index is 0.120. The number of imidazole rings is 1. The molecule has 4 heterocycles. The van der Waals surface area contributed by atoms with Crippen molar-refractivity contribution in [3.05, 3.63) is 70.8 Å². The molecule has 1 spiro atoms. The van der Waals surface area contributed by atoms with Crippen molar-refractivity contribution in [1.29, 1.82) is 0 Å². The van der Waals surface area contributed by atoms with Crippen molar-refractivity contribution in [1.82, 2.24) is 24.8 Å². The van der Waals surface area contributed by atoms with Crippen molar-refractivity contribution < 1.29 is 18.7 Å². The Hall–Kier alpha value is -4.45. The van der Waals surface area contributed by atoms with Crippen LogP contribution in [-0.4, -0.2) is 70.3 Å². The van der Waals surface area contributed by atoms with Crippen LogP contribution in [0.5, 0.6) is 11.5 Å². The number of ether oxygens (including phenoxy) is 2. The number of benzene rings is 2. The van der Waals surface area contributed by atoms with Crippen LogP contribution < -0.4 is 20.2 Å². The van der Waals surface area contributed by atoms with Gasteiger partial charge in [-0.2, -0.15) is 0 Å². The average molecular weight is 576 g/mol. The fraction of sp³-hybridized carbons (Fsp3) is 0.400. The number of hydrogen-bond acceptors (Lipinski definition) is 8. The molecule has 11 nitrogen and oxygen atoms in total. The lowest BCUT2D eigenvalue weighted by Crippen LogP contribution is -2.37. The van der Waals surface area contributed by atoms with Crippen LogP contribution in [0.1, 0.15) is 32.3 Å². The second-order valence-electron chi connectivity index (χ2n) is 11.4. The van der Waals surface area contributed by atoms with Gasteiger partial charge in [0.15, 0.2) is 17.3 Å². The van der Waals surface area contributed by atoms with E-state index in [1.807, 2.05) is 26.0 Å². The van der Waals surface area contributed by atoms with E-state index in [0.717, 1.165) is 62.2 Å². The summed E-state index contributed by atoms with van der Waals surface area (Å²) in [6, 6.07) is 9.80. The topological polar surface area (TPSA) is 120 Å². The molecule has 2 aliphatic rings. The largest absolute Gasteiger partial charge is 0.452 e. The molecule has 220 valence electrons. The summed E-state index contributed by atoms with van der Waals surface area (Å²) in [6.45, 7) is 8.02. The fourth-order valence-electron chi connectivity index (χ4n) is 6.24. The minimum Gasteiger partial charge on any atom is -0.452 e. The number of likely N-dealkylation sites (tertiary alicyclic amines) is 1. The molecule has 0 bridgehead atoms. The van der Waals surface area contributed by atoms with Crippen LogP contribution in [0.25, 0.3) is 11.0 Å². The summed E-state index contributed by atoms with van der Waals surface area (Å²) in [5, 5.41) is 0. The molecule has 1 atom stereocenters. The van der Waals surface area contributed by atoms with Gasteiger partial charge < -0.3 is 24.3 Å². The monoisotopic (exact) mass is 575 g/mol. The molecule has 1 unspecified atom stereocenters. The SMILES string of the molecule is COC(=O)N(c1cc(F)ccc1Oc1cncnc1N1CCC2(CCN(Cc3ccc4[nH]c(=O)[nH]c4c3)C2)C1)C(C)C. The van der Waals surface area contributed by atoms with Crippen LogP contribution in [0.15, 0.2) is 53.7 Å². The third-order valence-corrected chi connectivity index (χ3v) is 8.19. The number of fused-ring (bicyclic) bond motifs is 1. The van der Waals surface area contributed by atoms with E-state index in [0.29, 0.717) is 17.3 Å². The Morgan fingerprint density at radius 3 is 2.71 bits per heavy atom. The summed E-state index contributed by atoms with van der Waals surface area (Å²) in [4.78, 5) is 44.6. The maximum Gasteiger partial charge on any atom is 0.414 e. The van der Waals surface area contributed by atoms with Gasteiger partial charge in [-0.05, 0) is 63.1 Å². The number of nitrogens with zero attached hydrogens (tertiary/aromatic N) is 5. The van der Waals surface area contributed by atoms with Gasteiger partial charge >= 0.3 is 11.8 Å². The third-order valence-electron chi connectivity index (χ3n) is 8.19. The van der Waals surface area contributed by atoms with Crippen molar-refractivity contribution >= 4 is 28.6 Å². The zero-order valence-corrected chi connectivity index (χ0v) is 23.9. The van der Waals surface area contributed by atoms with Gasteiger partial charge in [0.2, 0.25) is 0 Å². The zero-order valence-electron chi connectivity index (χ0n) is 23.9. The Morgan fingerprint density at radius 2 is 1.90 bits per heavy atom. The van der Waals surface area contributed by atoms with Crippen LogP contribution in [0.4, 0.5) is 20.7 Å². The van der Waals surface area contributed by atoms with Crippen LogP contribution in [0.2, 0.25) is 0 Å². The molecule has 2 saturated heterocycles. The number of nitrogens with one attached hydrogen (secondary N) is 2. The number of anilines is 2. The Bertz CT molecular complexity index is 1670. The highest BCUT2D eigenvalue weighted by atomic mass is 19.1. The molecule has 2 aliphatic heterocycles. The lowest BCUT2D eigenvalue weighted by molar-refractivity contribution is 0.176. The van der Waals surface area contributed by atoms with Gasteiger partial charge in [-0.1, -0.05) is 6.07 Å². The first-order valence-electron chi connectivity index (χ1n) is 14.1. The predicted octanol–water partition coefficient (Wildman–Crippen LogP) is 4.66. The summed E-state index contributed by atoms with van der Waals surface area (Å²) in [7, 11) is 1.29. The molecule has 2 aromatic carbocycles. The van der Waals surface area contributed by atoms with E-state index in [1.165, 1.54) is 36.5 Å². The highest BCUT2D eigenvalue weighted by molar-refractivity contribution is 5.90. The van der Waals surface area contributed by atoms with E-state index in [2.05, 4.69) is 35.8 Å². The number of aromatic amines is 2. The van der Waals surface area contributed by atoms with E-state index in [1.54, 1.807) is 6.20 Å². The maximum absolute atomic E-state index is 14.3. The molecule has 2 aromatic heterocycles. The fourth-order valence-corrected chi connectivity index (χ4v) is 6.24. The molecule has 0 aliphatic carbocycles. The van der Waals surface area contributed by atoms with Crippen LogP contribution in [-0.2, 0) is 11.3 Å². The van der Waals surface area contributed by atoms with E-state index in [9.17, 15) is 14.0 Å². The van der Waals surface area contributed by atoms with Gasteiger partial charge in [0.25, 0.3) is 0 Å². The second kappa shape index (κ2) is 11.1. The number of carbonyl (C=O) groups excluding carboxylic acids is 1. The molecule has 1 amide bonds. The molecular weight excluding hydrogens is 541 g/mol. The Balaban J connectivity index is 1.19. The summed E-state index contributed by atoms with van der Waals surface area (Å²) < 4.78 is 25.6. The van der Waals surface area contributed by atoms with Crippen molar-refractivity contribution in [2.24, 2.45) is 5.41 Å². The number of amides is 1. The van der Waals surface area contributed by atoms with Crippen molar-refractivity contribution in [3.8, 4) is 11.5 Å². The first kappa shape index (κ1) is 27.7. The van der Waals surface area contributed by atoms with Gasteiger partial charge in [0, 0.05) is 43.7 Å². The molecule has 4 aromatic rings. The van der Waals surface area contributed by atoms with Gasteiger partial charge in [-0.15, -0.1) is 0 Å². The highest BCUT2D eigenvalue weighted by Gasteiger charge is 2.44. The molecule has 0 saturated carbocycles. The highest BCUT2D eigenvalue weighted by Crippen LogP contribution is 2.44. The molecule has 2 fully saturated rings. The van der Waals surface area contributed by atoms with Crippen molar-refractivity contribution in [3.63, 3.8) is 0 Å². The number of H-pyrrole nitrogens is 2. The summed E-state index contributed by atoms with van der Waals surface area (Å²) in [5.41, 5.74) is 2.98. The second-order valence-corrected chi connectivity index (χ2v) is 11.4. The van der Waals surface area contributed by atoms with Gasteiger partial charge in [-0.3, -0.25) is 9.80 Å². The standard InChI is InChI=1S/C30H34FN7O4/c1-19(2)38(29(40)41-3)24-13-21(31)5-7-25(24)42-26-14-32-18-33-27(26)37-11-9-30(17-37)8-10-36(16-30)15-20-4-6-22-23(12-20)35-28(39)34-22/h4-7,12-14,18-19H,8-11,15-17H2,1-3H3,(H2,34,35,39). The van der Waals surface area contributed by atoms with Gasteiger partial charge in [-0.25, -0.2) is 23.9 Å². The Kier molecular flexibility index (Phi) is 7.31. The lowest BCUT2D eigenvalue weighted by atomic mass is 9.86. The van der Waals surface area contributed by atoms with E-state index in [-0.39, 0.29) is 22.8 Å². The normalized spacial score (nSPS) is 18.8. The Morgan fingerprint density at radius 1 is 1.10 bits per heavy atom. The molecule has 0 radical (unpaired) electrons. The number of aromatic nitrogens is 4. The summed E-state index contributed by atoms with van der Waals surface area (Å²) >= 11 is 0. The van der Waals surface area contributed by atoms with E-state index >= 15 is 0 Å². The number of carbonyl (C=O) groups is 1. The van der Waals surface area contributed by atoms with Crippen molar-refractivity contribution in [2.75, 3.05) is 43.1 Å². The first-order valence-corrected chi connectivity index (χ1v) is 14.1. The molecular formula is C30H34FN7O4. The van der Waals surface area contributed by atoms with Crippen LogP contribution >= 0.6 is 0 Å². The van der Waals surface area contributed by atoms with Gasteiger partial charge in [0.05, 0.1) is 30.0 Å². The van der Waals surface area contributed by atoms with Crippen LogP contribution in [0, 0.1) is 11.2 Å². The lowest BCUT2D eigenvalue weighted by Gasteiger charge is -2.28. The quantitative estimate of drug-likeness (QED) is 0.327. The molecule has 12 heteroatoms. The van der Waals surface area contributed by atoms with Crippen molar-refractivity contribution in [2.45, 2.75) is 39.3 Å². The van der Waals surface area contributed by atoms with Crippen LogP contribution in [0.3, 0.4) is 0 Å². The molecule has 2 N–H and O–H groups in total. The predicted molar refractivity (Wildman–Crippen MR) is 157 cm³/mol. The Labute approximate surface area is 242 Å². The number of rotatable bonds is 7. The minimum atomic E-state index is -0.612. The smallest absolute Gasteiger partial charge is 0.414 e. The van der Waals surface area contributed by atoms with E-state index < -0.39 is 11.9 Å². The molecule has 42 heavy (non-hydrogen) atoms. The first-order chi connectivity index (χ1) is 20.2. The summed E-state index contributed by atoms with van der Waals surface area (Å²) in [5.74, 6) is 0.893. The number of hydrogen-bond donors (Lipinski definition) is 2. The third kappa shape index (κ3) is 5.41. The summed E-state index contributed by atoms with van der Waals surface area (Å²) in [6.07, 6.45) is 4.57. The average Bonchev–Trinajstić information content (AvgIpc) is 3.67.